The summed E-state index contributed by atoms with van der Waals surface area (Å²) in [5, 5.41) is 2.43. The summed E-state index contributed by atoms with van der Waals surface area (Å²) in [4.78, 5) is 36.2. The van der Waals surface area contributed by atoms with Crippen LogP contribution < -0.4 is 16.6 Å². The van der Waals surface area contributed by atoms with Crippen LogP contribution in [0.2, 0.25) is 0 Å². The Morgan fingerprint density at radius 1 is 1.59 bits per heavy atom. The first-order chi connectivity index (χ1) is 8.08. The van der Waals surface area contributed by atoms with Gasteiger partial charge in [-0.15, -0.1) is 6.42 Å². The van der Waals surface area contributed by atoms with E-state index in [1.165, 1.54) is 6.20 Å². The van der Waals surface area contributed by atoms with Gasteiger partial charge < -0.3 is 5.32 Å². The van der Waals surface area contributed by atoms with Crippen molar-refractivity contribution >= 4 is 5.91 Å². The number of aromatic amines is 1. The third kappa shape index (κ3) is 3.34. The molecular weight excluding hydrogens is 222 g/mol. The second-order valence-corrected chi connectivity index (χ2v) is 3.38. The van der Waals surface area contributed by atoms with E-state index in [1.807, 2.05) is 0 Å². The molecule has 0 aliphatic carbocycles. The van der Waals surface area contributed by atoms with Crippen molar-refractivity contribution in [3.63, 3.8) is 0 Å². The van der Waals surface area contributed by atoms with Gasteiger partial charge in [-0.05, 0) is 6.42 Å². The first-order valence-corrected chi connectivity index (χ1v) is 5.11. The Hall–Kier alpha value is -2.29. The molecule has 6 heteroatoms. The van der Waals surface area contributed by atoms with E-state index in [1.54, 1.807) is 6.92 Å². The van der Waals surface area contributed by atoms with E-state index in [2.05, 4.69) is 16.2 Å². The number of aromatic nitrogens is 2. The summed E-state index contributed by atoms with van der Waals surface area (Å²) in [6, 6.07) is 0. The number of nitrogens with zero attached hydrogens (tertiary/aromatic N) is 1. The van der Waals surface area contributed by atoms with Gasteiger partial charge in [0.2, 0.25) is 5.91 Å². The number of aryl methyl sites for hydroxylation is 1. The minimum atomic E-state index is -0.608. The predicted octanol–water partition coefficient (Wildman–Crippen LogP) is -1.15. The van der Waals surface area contributed by atoms with E-state index in [0.717, 1.165) is 4.57 Å². The Morgan fingerprint density at radius 3 is 2.88 bits per heavy atom. The molecule has 0 aromatic carbocycles. The van der Waals surface area contributed by atoms with Crippen LogP contribution in [-0.4, -0.2) is 22.0 Å². The summed E-state index contributed by atoms with van der Waals surface area (Å²) in [6.07, 6.45) is 6.86. The number of carbonyl (C=O) groups is 1. The van der Waals surface area contributed by atoms with E-state index in [4.69, 9.17) is 6.42 Å². The van der Waals surface area contributed by atoms with Crippen molar-refractivity contribution in [3.8, 4) is 12.3 Å². The molecule has 90 valence electrons. The fraction of sp³-hybridized carbons (Fsp3) is 0.364. The monoisotopic (exact) mass is 235 g/mol. The second kappa shape index (κ2) is 5.70. The third-order valence-electron chi connectivity index (χ3n) is 2.17. The lowest BCUT2D eigenvalue weighted by atomic mass is 10.2. The van der Waals surface area contributed by atoms with Crippen molar-refractivity contribution in [1.82, 2.24) is 14.9 Å². The van der Waals surface area contributed by atoms with Crippen LogP contribution in [0.5, 0.6) is 0 Å². The molecule has 0 fully saturated rings. The third-order valence-corrected chi connectivity index (χ3v) is 2.17. The molecular formula is C11H13N3O3. The van der Waals surface area contributed by atoms with E-state index >= 15 is 0 Å². The van der Waals surface area contributed by atoms with Crippen LogP contribution >= 0.6 is 0 Å². The zero-order chi connectivity index (χ0) is 12.8. The van der Waals surface area contributed by atoms with Gasteiger partial charge in [0.1, 0.15) is 6.54 Å². The SMILES string of the molecule is C#CCNC(=O)Cn1cc(CC)c(=O)[nH]c1=O. The number of rotatable bonds is 4. The van der Waals surface area contributed by atoms with Gasteiger partial charge in [-0.2, -0.15) is 0 Å². The average molecular weight is 235 g/mol. The minimum absolute atomic E-state index is 0.109. The molecule has 0 bridgehead atoms. The van der Waals surface area contributed by atoms with Gasteiger partial charge in [0.05, 0.1) is 6.54 Å². The molecule has 0 radical (unpaired) electrons. The molecule has 2 N–H and O–H groups in total. The smallest absolute Gasteiger partial charge is 0.328 e. The molecule has 0 aliphatic heterocycles. The number of terminal acetylenes is 1. The van der Waals surface area contributed by atoms with E-state index < -0.39 is 11.2 Å². The highest BCUT2D eigenvalue weighted by Gasteiger charge is 2.06. The predicted molar refractivity (Wildman–Crippen MR) is 62.5 cm³/mol. The normalized spacial score (nSPS) is 9.65. The lowest BCUT2D eigenvalue weighted by Gasteiger charge is -2.06. The Labute approximate surface area is 97.7 Å². The molecule has 0 saturated carbocycles. The quantitative estimate of drug-likeness (QED) is 0.646. The molecule has 0 saturated heterocycles. The lowest BCUT2D eigenvalue weighted by Crippen LogP contribution is -2.36. The van der Waals surface area contributed by atoms with Gasteiger partial charge in [0.15, 0.2) is 0 Å². The van der Waals surface area contributed by atoms with Crippen LogP contribution in [0.25, 0.3) is 0 Å². The van der Waals surface area contributed by atoms with E-state index in [-0.39, 0.29) is 19.0 Å². The van der Waals surface area contributed by atoms with E-state index in [0.29, 0.717) is 12.0 Å². The highest BCUT2D eigenvalue weighted by molar-refractivity contribution is 5.75. The first kappa shape index (κ1) is 12.8. The van der Waals surface area contributed by atoms with Gasteiger partial charge in [-0.3, -0.25) is 19.1 Å². The minimum Gasteiger partial charge on any atom is -0.344 e. The molecule has 1 aromatic heterocycles. The number of amides is 1. The summed E-state index contributed by atoms with van der Waals surface area (Å²) in [5.74, 6) is 1.88. The fourth-order valence-electron chi connectivity index (χ4n) is 1.28. The maximum atomic E-state index is 11.4. The first-order valence-electron chi connectivity index (χ1n) is 5.11. The summed E-state index contributed by atoms with van der Waals surface area (Å²) >= 11 is 0. The molecule has 1 rings (SSSR count). The van der Waals surface area contributed by atoms with Crippen molar-refractivity contribution < 1.29 is 4.79 Å². The largest absolute Gasteiger partial charge is 0.344 e. The molecule has 1 aromatic rings. The van der Waals surface area contributed by atoms with Gasteiger partial charge in [0.25, 0.3) is 5.56 Å². The number of H-pyrrole nitrogens is 1. The number of carbonyl (C=O) groups excluding carboxylic acids is 1. The van der Waals surface area contributed by atoms with Crippen LogP contribution in [0.1, 0.15) is 12.5 Å². The van der Waals surface area contributed by atoms with Gasteiger partial charge in [-0.1, -0.05) is 12.8 Å². The summed E-state index contributed by atoms with van der Waals surface area (Å²) < 4.78 is 1.14. The van der Waals surface area contributed by atoms with Crippen LogP contribution in [-0.2, 0) is 17.8 Å². The standard InChI is InChI=1S/C11H13N3O3/c1-3-5-12-9(15)7-14-6-8(4-2)10(16)13-11(14)17/h1,6H,4-5,7H2,2H3,(H,12,15)(H,13,16,17). The molecule has 17 heavy (non-hydrogen) atoms. The lowest BCUT2D eigenvalue weighted by molar-refractivity contribution is -0.121. The van der Waals surface area contributed by atoms with Crippen molar-refractivity contribution in [3.05, 3.63) is 32.6 Å². The van der Waals surface area contributed by atoms with Crippen molar-refractivity contribution in [2.75, 3.05) is 6.54 Å². The van der Waals surface area contributed by atoms with Crippen molar-refractivity contribution in [2.45, 2.75) is 19.9 Å². The summed E-state index contributed by atoms with van der Waals surface area (Å²) in [6.45, 7) is 1.74. The molecule has 0 spiro atoms. The van der Waals surface area contributed by atoms with Crippen LogP contribution in [0.3, 0.4) is 0 Å². The molecule has 1 heterocycles. The van der Waals surface area contributed by atoms with Crippen molar-refractivity contribution in [1.29, 1.82) is 0 Å². The number of nitrogens with one attached hydrogen (secondary N) is 2. The topological polar surface area (TPSA) is 84.0 Å². The van der Waals surface area contributed by atoms with E-state index in [9.17, 15) is 14.4 Å². The van der Waals surface area contributed by atoms with Crippen LogP contribution in [0.4, 0.5) is 0 Å². The Balaban J connectivity index is 2.92. The maximum absolute atomic E-state index is 11.4. The van der Waals surface area contributed by atoms with Crippen LogP contribution in [0.15, 0.2) is 15.8 Å². The second-order valence-electron chi connectivity index (χ2n) is 3.38. The van der Waals surface area contributed by atoms with Crippen molar-refractivity contribution in [2.24, 2.45) is 0 Å². The molecule has 1 amide bonds. The number of hydrogen-bond acceptors (Lipinski definition) is 3. The highest BCUT2D eigenvalue weighted by Crippen LogP contribution is 1.88. The molecule has 0 aliphatic rings. The van der Waals surface area contributed by atoms with Gasteiger partial charge in [0, 0.05) is 11.8 Å². The Morgan fingerprint density at radius 2 is 2.29 bits per heavy atom. The van der Waals surface area contributed by atoms with Crippen LogP contribution in [0, 0.1) is 12.3 Å². The molecule has 6 nitrogen and oxygen atoms in total. The zero-order valence-corrected chi connectivity index (χ0v) is 9.45. The maximum Gasteiger partial charge on any atom is 0.328 e. The molecule has 0 unspecified atom stereocenters. The summed E-state index contributed by atoms with van der Waals surface area (Å²) in [7, 11) is 0. The van der Waals surface area contributed by atoms with Gasteiger partial charge in [-0.25, -0.2) is 4.79 Å². The average Bonchev–Trinajstić information content (AvgIpc) is 2.30. The molecule has 0 atom stereocenters. The highest BCUT2D eigenvalue weighted by atomic mass is 16.2. The fourth-order valence-corrected chi connectivity index (χ4v) is 1.28. The van der Waals surface area contributed by atoms with Gasteiger partial charge >= 0.3 is 5.69 Å². The Kier molecular flexibility index (Phi) is 4.29. The zero-order valence-electron chi connectivity index (χ0n) is 9.45. The summed E-state index contributed by atoms with van der Waals surface area (Å²) in [5.41, 5.74) is -0.574. The number of hydrogen-bond donors (Lipinski definition) is 2. The Bertz CT molecular complexity index is 563.